The molecule has 64 valence electrons. The topological polar surface area (TPSA) is 38.7 Å². The molecule has 0 saturated heterocycles. The predicted octanol–water partition coefficient (Wildman–Crippen LogP) is 1.97. The number of hydrogen-bond acceptors (Lipinski definition) is 3. The highest BCUT2D eigenvalue weighted by Gasteiger charge is 2.23. The molecular formula is C8H15NO2. The number of nitrogens with zero attached hydrogens (tertiary/aromatic N) is 1. The molecule has 0 saturated carbocycles. The molecule has 0 fully saturated rings. The van der Waals surface area contributed by atoms with Crippen molar-refractivity contribution in [3.8, 4) is 0 Å². The second kappa shape index (κ2) is 3.51. The van der Waals surface area contributed by atoms with Crippen LogP contribution < -0.4 is 0 Å². The van der Waals surface area contributed by atoms with Crippen LogP contribution in [0.5, 0.6) is 0 Å². The van der Waals surface area contributed by atoms with Crippen LogP contribution in [0, 0.1) is 5.41 Å². The van der Waals surface area contributed by atoms with Gasteiger partial charge in [-0.25, -0.2) is 4.79 Å². The SMILES string of the molecule is CC(C)=NOC(=O)C(C)(C)C. The molecule has 0 aliphatic rings. The summed E-state index contributed by atoms with van der Waals surface area (Å²) in [7, 11) is 0. The first-order valence-electron chi connectivity index (χ1n) is 3.56. The van der Waals surface area contributed by atoms with E-state index in [1.165, 1.54) is 0 Å². The summed E-state index contributed by atoms with van der Waals surface area (Å²) in [5.41, 5.74) is 0.265. The molecule has 0 heterocycles. The lowest BCUT2D eigenvalue weighted by Gasteiger charge is -2.12. The molecule has 0 atom stereocenters. The Morgan fingerprint density at radius 2 is 1.73 bits per heavy atom. The van der Waals surface area contributed by atoms with Crippen molar-refractivity contribution in [1.29, 1.82) is 0 Å². The normalized spacial score (nSPS) is 10.6. The molecule has 0 spiro atoms. The van der Waals surface area contributed by atoms with Gasteiger partial charge in [0, 0.05) is 0 Å². The lowest BCUT2D eigenvalue weighted by molar-refractivity contribution is -0.152. The Labute approximate surface area is 67.4 Å². The Morgan fingerprint density at radius 3 is 2.00 bits per heavy atom. The summed E-state index contributed by atoms with van der Waals surface area (Å²) in [5.74, 6) is -0.307. The van der Waals surface area contributed by atoms with Gasteiger partial charge in [0.15, 0.2) is 0 Å². The van der Waals surface area contributed by atoms with Crippen LogP contribution in [-0.4, -0.2) is 11.7 Å². The van der Waals surface area contributed by atoms with E-state index in [-0.39, 0.29) is 5.97 Å². The van der Waals surface area contributed by atoms with Crippen LogP contribution in [0.15, 0.2) is 5.16 Å². The summed E-state index contributed by atoms with van der Waals surface area (Å²) < 4.78 is 0. The second-order valence-electron chi connectivity index (χ2n) is 3.67. The fourth-order valence-electron chi connectivity index (χ4n) is 0.270. The molecule has 0 amide bonds. The first-order valence-corrected chi connectivity index (χ1v) is 3.56. The van der Waals surface area contributed by atoms with Crippen LogP contribution in [0.2, 0.25) is 0 Å². The van der Waals surface area contributed by atoms with Crippen LogP contribution in [0.4, 0.5) is 0 Å². The number of carbonyl (C=O) groups is 1. The quantitative estimate of drug-likeness (QED) is 0.331. The van der Waals surface area contributed by atoms with E-state index in [9.17, 15) is 4.79 Å². The molecular weight excluding hydrogens is 142 g/mol. The van der Waals surface area contributed by atoms with Crippen molar-refractivity contribution in [2.45, 2.75) is 34.6 Å². The van der Waals surface area contributed by atoms with Crippen molar-refractivity contribution in [2.75, 3.05) is 0 Å². The third kappa shape index (κ3) is 4.53. The Morgan fingerprint density at radius 1 is 1.27 bits per heavy atom. The van der Waals surface area contributed by atoms with E-state index in [1.54, 1.807) is 34.6 Å². The number of rotatable bonds is 1. The second-order valence-corrected chi connectivity index (χ2v) is 3.67. The first-order chi connectivity index (χ1) is 4.84. The van der Waals surface area contributed by atoms with E-state index in [4.69, 9.17) is 0 Å². The third-order valence-corrected chi connectivity index (χ3v) is 0.924. The van der Waals surface area contributed by atoms with Gasteiger partial charge in [0.25, 0.3) is 0 Å². The fourth-order valence-corrected chi connectivity index (χ4v) is 0.270. The minimum atomic E-state index is -0.473. The smallest absolute Gasteiger partial charge is 0.318 e. The summed E-state index contributed by atoms with van der Waals surface area (Å²) in [4.78, 5) is 15.7. The Bertz CT molecular complexity index is 173. The Hall–Kier alpha value is -0.860. The maximum atomic E-state index is 11.0. The molecule has 0 unspecified atom stereocenters. The van der Waals surface area contributed by atoms with Crippen molar-refractivity contribution in [2.24, 2.45) is 10.6 Å². The zero-order valence-electron chi connectivity index (χ0n) is 7.76. The van der Waals surface area contributed by atoms with Crippen LogP contribution >= 0.6 is 0 Å². The van der Waals surface area contributed by atoms with Crippen LogP contribution in [-0.2, 0) is 9.63 Å². The van der Waals surface area contributed by atoms with Crippen molar-refractivity contribution in [3.63, 3.8) is 0 Å². The minimum Gasteiger partial charge on any atom is -0.318 e. The Balaban J connectivity index is 4.01. The van der Waals surface area contributed by atoms with E-state index >= 15 is 0 Å². The van der Waals surface area contributed by atoms with E-state index in [0.717, 1.165) is 5.71 Å². The molecule has 11 heavy (non-hydrogen) atoms. The molecule has 0 N–H and O–H groups in total. The highest BCUT2D eigenvalue weighted by atomic mass is 16.7. The van der Waals surface area contributed by atoms with Crippen LogP contribution in [0.3, 0.4) is 0 Å². The Kier molecular flexibility index (Phi) is 3.23. The number of hydrogen-bond donors (Lipinski definition) is 0. The van der Waals surface area contributed by atoms with Gasteiger partial charge in [0.05, 0.1) is 11.1 Å². The molecule has 0 aliphatic heterocycles. The molecule has 0 radical (unpaired) electrons. The van der Waals surface area contributed by atoms with Gasteiger partial charge < -0.3 is 4.84 Å². The molecule has 0 rings (SSSR count). The summed E-state index contributed by atoms with van der Waals surface area (Å²) in [6.07, 6.45) is 0. The van der Waals surface area contributed by atoms with Crippen molar-refractivity contribution < 1.29 is 9.63 Å². The van der Waals surface area contributed by atoms with Gasteiger partial charge in [-0.1, -0.05) is 5.16 Å². The van der Waals surface area contributed by atoms with E-state index in [2.05, 4.69) is 9.99 Å². The monoisotopic (exact) mass is 157 g/mol. The van der Waals surface area contributed by atoms with Gasteiger partial charge in [-0.05, 0) is 34.6 Å². The average Bonchev–Trinajstić information content (AvgIpc) is 1.80. The third-order valence-electron chi connectivity index (χ3n) is 0.924. The molecule has 3 nitrogen and oxygen atoms in total. The van der Waals surface area contributed by atoms with Gasteiger partial charge in [0.2, 0.25) is 0 Å². The standard InChI is InChI=1S/C8H15NO2/c1-6(2)9-11-7(10)8(3,4)5/h1-5H3. The first kappa shape index (κ1) is 10.1. The summed E-state index contributed by atoms with van der Waals surface area (Å²) >= 11 is 0. The number of carbonyl (C=O) groups excluding carboxylic acids is 1. The highest BCUT2D eigenvalue weighted by molar-refractivity contribution is 5.80. The summed E-state index contributed by atoms with van der Waals surface area (Å²) in [6.45, 7) is 8.91. The summed E-state index contributed by atoms with van der Waals surface area (Å²) in [6, 6.07) is 0. The molecule has 0 aromatic rings. The van der Waals surface area contributed by atoms with Crippen molar-refractivity contribution in [1.82, 2.24) is 0 Å². The maximum absolute atomic E-state index is 11.0. The maximum Gasteiger partial charge on any atom is 0.340 e. The lowest BCUT2D eigenvalue weighted by atomic mass is 9.98. The molecule has 0 aromatic heterocycles. The van der Waals surface area contributed by atoms with Crippen molar-refractivity contribution in [3.05, 3.63) is 0 Å². The van der Waals surface area contributed by atoms with Gasteiger partial charge in [0.1, 0.15) is 0 Å². The van der Waals surface area contributed by atoms with Crippen LogP contribution in [0.1, 0.15) is 34.6 Å². The fraction of sp³-hybridized carbons (Fsp3) is 0.750. The highest BCUT2D eigenvalue weighted by Crippen LogP contribution is 2.14. The van der Waals surface area contributed by atoms with E-state index in [1.807, 2.05) is 0 Å². The van der Waals surface area contributed by atoms with Gasteiger partial charge in [-0.15, -0.1) is 0 Å². The van der Waals surface area contributed by atoms with Gasteiger partial charge in [-0.2, -0.15) is 0 Å². The van der Waals surface area contributed by atoms with E-state index in [0.29, 0.717) is 0 Å². The predicted molar refractivity (Wildman–Crippen MR) is 44.3 cm³/mol. The minimum absolute atomic E-state index is 0.307. The van der Waals surface area contributed by atoms with Crippen LogP contribution in [0.25, 0.3) is 0 Å². The molecule has 3 heteroatoms. The largest absolute Gasteiger partial charge is 0.340 e. The number of oxime groups is 1. The average molecular weight is 157 g/mol. The van der Waals surface area contributed by atoms with Gasteiger partial charge in [-0.3, -0.25) is 0 Å². The zero-order chi connectivity index (χ0) is 9.07. The summed E-state index contributed by atoms with van der Waals surface area (Å²) in [5, 5.41) is 3.56. The molecule has 0 aliphatic carbocycles. The zero-order valence-corrected chi connectivity index (χ0v) is 7.76. The molecule has 0 bridgehead atoms. The lowest BCUT2D eigenvalue weighted by Crippen LogP contribution is -2.21. The molecule has 0 aromatic carbocycles. The van der Waals surface area contributed by atoms with Gasteiger partial charge >= 0.3 is 5.97 Å². The van der Waals surface area contributed by atoms with Crippen molar-refractivity contribution >= 4 is 11.7 Å². The van der Waals surface area contributed by atoms with E-state index < -0.39 is 5.41 Å².